The van der Waals surface area contributed by atoms with E-state index in [1.807, 2.05) is 0 Å². The predicted octanol–water partition coefficient (Wildman–Crippen LogP) is 0.879. The van der Waals surface area contributed by atoms with Crippen molar-refractivity contribution in [3.63, 3.8) is 0 Å². The van der Waals surface area contributed by atoms with E-state index in [4.69, 9.17) is 0 Å². The van der Waals surface area contributed by atoms with Crippen molar-refractivity contribution in [3.05, 3.63) is 34.1 Å². The second-order valence-electron chi connectivity index (χ2n) is 4.50. The highest BCUT2D eigenvalue weighted by Gasteiger charge is 2.34. The minimum Gasteiger partial charge on any atom is -0.393 e. The highest BCUT2D eigenvalue weighted by atomic mass is 32.2. The Morgan fingerprint density at radius 3 is 2.50 bits per heavy atom. The van der Waals surface area contributed by atoms with Crippen LogP contribution in [0.3, 0.4) is 0 Å². The van der Waals surface area contributed by atoms with Crippen LogP contribution in [0.5, 0.6) is 0 Å². The molecule has 20 heavy (non-hydrogen) atoms. The van der Waals surface area contributed by atoms with E-state index in [9.17, 15) is 28.0 Å². The lowest BCUT2D eigenvalue weighted by atomic mass is 10.1. The largest absolute Gasteiger partial charge is 0.393 e. The van der Waals surface area contributed by atoms with Gasteiger partial charge < -0.3 is 5.11 Å². The molecule has 110 valence electrons. The molecule has 0 unspecified atom stereocenters. The number of aliphatic hydroxyl groups is 1. The van der Waals surface area contributed by atoms with Gasteiger partial charge in [0.1, 0.15) is 5.82 Å². The quantitative estimate of drug-likeness (QED) is 0.660. The lowest BCUT2D eigenvalue weighted by Crippen LogP contribution is -2.40. The van der Waals surface area contributed by atoms with E-state index >= 15 is 0 Å². The first-order valence-electron chi connectivity index (χ1n) is 5.94. The molecule has 0 amide bonds. The summed E-state index contributed by atoms with van der Waals surface area (Å²) in [6, 6.07) is 2.36. The fourth-order valence-electron chi connectivity index (χ4n) is 2.07. The van der Waals surface area contributed by atoms with Crippen LogP contribution in [0.2, 0.25) is 0 Å². The SMILES string of the molecule is O=[N+]([O-])c1cc(F)ccc1S(=O)(=O)N1CCC(O)CC1. The Labute approximate surface area is 114 Å². The number of nitrogens with zero attached hydrogens (tertiary/aromatic N) is 2. The van der Waals surface area contributed by atoms with Gasteiger partial charge in [-0.15, -0.1) is 0 Å². The standard InChI is InChI=1S/C11H13FN2O5S/c12-8-1-2-11(10(7-8)14(16)17)20(18,19)13-5-3-9(15)4-6-13/h1-2,7,9,15H,3-6H2. The minimum atomic E-state index is -4.06. The van der Waals surface area contributed by atoms with Crippen molar-refractivity contribution in [1.82, 2.24) is 4.31 Å². The smallest absolute Gasteiger partial charge is 0.292 e. The van der Waals surface area contributed by atoms with Gasteiger partial charge in [0.15, 0.2) is 4.90 Å². The molecule has 2 rings (SSSR count). The van der Waals surface area contributed by atoms with Gasteiger partial charge in [0, 0.05) is 13.1 Å². The van der Waals surface area contributed by atoms with Gasteiger partial charge in [-0.25, -0.2) is 12.8 Å². The van der Waals surface area contributed by atoms with Crippen LogP contribution >= 0.6 is 0 Å². The van der Waals surface area contributed by atoms with Gasteiger partial charge in [0.2, 0.25) is 10.0 Å². The molecule has 0 aliphatic carbocycles. The molecule has 1 aliphatic heterocycles. The molecule has 0 saturated carbocycles. The fraction of sp³-hybridized carbons (Fsp3) is 0.455. The van der Waals surface area contributed by atoms with Crippen LogP contribution in [-0.4, -0.2) is 41.9 Å². The first-order chi connectivity index (χ1) is 9.32. The highest BCUT2D eigenvalue weighted by Crippen LogP contribution is 2.29. The number of nitro benzene ring substituents is 1. The summed E-state index contributed by atoms with van der Waals surface area (Å²) in [6.45, 7) is 0.163. The second-order valence-corrected chi connectivity index (χ2v) is 6.41. The molecule has 0 bridgehead atoms. The number of hydrogen-bond donors (Lipinski definition) is 1. The summed E-state index contributed by atoms with van der Waals surface area (Å²) in [4.78, 5) is 9.42. The summed E-state index contributed by atoms with van der Waals surface area (Å²) < 4.78 is 38.8. The molecular weight excluding hydrogens is 291 g/mol. The minimum absolute atomic E-state index is 0.0814. The summed E-state index contributed by atoms with van der Waals surface area (Å²) in [6.07, 6.45) is -0.0210. The Kier molecular flexibility index (Phi) is 4.02. The van der Waals surface area contributed by atoms with Gasteiger partial charge in [-0.1, -0.05) is 0 Å². The highest BCUT2D eigenvalue weighted by molar-refractivity contribution is 7.89. The normalized spacial score (nSPS) is 18.1. The van der Waals surface area contributed by atoms with Gasteiger partial charge in [-0.3, -0.25) is 10.1 Å². The van der Waals surface area contributed by atoms with Gasteiger partial charge in [-0.2, -0.15) is 4.31 Å². The van der Waals surface area contributed by atoms with Crippen LogP contribution in [0.15, 0.2) is 23.1 Å². The molecule has 1 heterocycles. The molecule has 1 fully saturated rings. The number of aliphatic hydroxyl groups excluding tert-OH is 1. The first kappa shape index (κ1) is 14.8. The number of benzene rings is 1. The molecule has 1 aromatic carbocycles. The van der Waals surface area contributed by atoms with Crippen LogP contribution in [0.1, 0.15) is 12.8 Å². The molecule has 0 radical (unpaired) electrons. The lowest BCUT2D eigenvalue weighted by molar-refractivity contribution is -0.388. The Bertz CT molecular complexity index is 626. The topological polar surface area (TPSA) is 101 Å². The van der Waals surface area contributed by atoms with E-state index in [1.165, 1.54) is 0 Å². The zero-order valence-electron chi connectivity index (χ0n) is 10.4. The summed E-state index contributed by atoms with van der Waals surface area (Å²) in [5.74, 6) is -0.871. The van der Waals surface area contributed by atoms with Crippen molar-refractivity contribution < 1.29 is 22.8 Å². The number of hydrogen-bond acceptors (Lipinski definition) is 5. The average molecular weight is 304 g/mol. The van der Waals surface area contributed by atoms with E-state index in [1.54, 1.807) is 0 Å². The molecule has 1 N–H and O–H groups in total. The third-order valence-electron chi connectivity index (χ3n) is 3.16. The van der Waals surface area contributed by atoms with Gasteiger partial charge in [0.05, 0.1) is 17.1 Å². The van der Waals surface area contributed by atoms with E-state index in [0.717, 1.165) is 16.4 Å². The maximum atomic E-state index is 13.0. The fourth-order valence-corrected chi connectivity index (χ4v) is 3.68. The molecule has 7 nitrogen and oxygen atoms in total. The molecule has 1 aromatic rings. The molecule has 1 aliphatic rings. The van der Waals surface area contributed by atoms with E-state index < -0.39 is 37.5 Å². The number of rotatable bonds is 3. The average Bonchev–Trinajstić information content (AvgIpc) is 2.38. The lowest BCUT2D eigenvalue weighted by Gasteiger charge is -2.28. The van der Waals surface area contributed by atoms with Crippen molar-refractivity contribution in [3.8, 4) is 0 Å². The number of halogens is 1. The summed E-state index contributed by atoms with van der Waals surface area (Å²) in [7, 11) is -4.06. The van der Waals surface area contributed by atoms with Crippen LogP contribution in [0.25, 0.3) is 0 Å². The molecule has 0 aromatic heterocycles. The molecule has 0 spiro atoms. The van der Waals surface area contributed by atoms with Crippen molar-refractivity contribution >= 4 is 15.7 Å². The van der Waals surface area contributed by atoms with Crippen LogP contribution in [0.4, 0.5) is 10.1 Å². The number of nitro groups is 1. The Hall–Kier alpha value is -1.58. The molecule has 9 heteroatoms. The Morgan fingerprint density at radius 2 is 1.95 bits per heavy atom. The third kappa shape index (κ3) is 2.79. The zero-order valence-corrected chi connectivity index (χ0v) is 11.2. The Morgan fingerprint density at radius 1 is 1.35 bits per heavy atom. The number of sulfonamides is 1. The van der Waals surface area contributed by atoms with Crippen molar-refractivity contribution in [2.24, 2.45) is 0 Å². The summed E-state index contributed by atoms with van der Waals surface area (Å²) >= 11 is 0. The third-order valence-corrected chi connectivity index (χ3v) is 5.10. The van der Waals surface area contributed by atoms with Gasteiger partial charge >= 0.3 is 0 Å². The van der Waals surface area contributed by atoms with E-state index in [-0.39, 0.29) is 25.9 Å². The second kappa shape index (κ2) is 5.43. The van der Waals surface area contributed by atoms with Crippen LogP contribution in [-0.2, 0) is 10.0 Å². The molecule has 1 saturated heterocycles. The van der Waals surface area contributed by atoms with Crippen LogP contribution in [0, 0.1) is 15.9 Å². The predicted molar refractivity (Wildman–Crippen MR) is 67.1 cm³/mol. The Balaban J connectivity index is 2.42. The molecule has 0 atom stereocenters. The van der Waals surface area contributed by atoms with E-state index in [0.29, 0.717) is 6.07 Å². The van der Waals surface area contributed by atoms with Crippen molar-refractivity contribution in [2.75, 3.05) is 13.1 Å². The van der Waals surface area contributed by atoms with Crippen LogP contribution < -0.4 is 0 Å². The first-order valence-corrected chi connectivity index (χ1v) is 7.38. The van der Waals surface area contributed by atoms with Crippen molar-refractivity contribution in [2.45, 2.75) is 23.8 Å². The number of piperidine rings is 1. The van der Waals surface area contributed by atoms with E-state index in [2.05, 4.69) is 0 Å². The summed E-state index contributed by atoms with van der Waals surface area (Å²) in [5.41, 5.74) is -0.781. The molecular formula is C11H13FN2O5S. The van der Waals surface area contributed by atoms with Gasteiger partial charge in [-0.05, 0) is 25.0 Å². The summed E-state index contributed by atoms with van der Waals surface area (Å²) in [5, 5.41) is 20.2. The maximum Gasteiger partial charge on any atom is 0.292 e. The monoisotopic (exact) mass is 304 g/mol. The zero-order chi connectivity index (χ0) is 14.9. The van der Waals surface area contributed by atoms with Gasteiger partial charge in [0.25, 0.3) is 5.69 Å². The maximum absolute atomic E-state index is 13.0. The van der Waals surface area contributed by atoms with Crippen molar-refractivity contribution in [1.29, 1.82) is 0 Å².